The third-order valence-corrected chi connectivity index (χ3v) is 3.35. The fourth-order valence-electron chi connectivity index (χ4n) is 2.06. The Hall–Kier alpha value is -1.42. The highest BCUT2D eigenvalue weighted by atomic mass is 19.1. The molecule has 3 nitrogen and oxygen atoms in total. The van der Waals surface area contributed by atoms with Crippen molar-refractivity contribution in [1.29, 1.82) is 0 Å². The SMILES string of the molecule is O=C(CNCCC1CCC1)Nc1cccc(F)c1. The Morgan fingerprint density at radius 2 is 2.22 bits per heavy atom. The third-order valence-electron chi connectivity index (χ3n) is 3.35. The van der Waals surface area contributed by atoms with Gasteiger partial charge in [0.05, 0.1) is 6.54 Å². The first-order valence-corrected chi connectivity index (χ1v) is 6.50. The molecule has 1 amide bonds. The number of anilines is 1. The summed E-state index contributed by atoms with van der Waals surface area (Å²) < 4.78 is 12.9. The summed E-state index contributed by atoms with van der Waals surface area (Å²) in [4.78, 5) is 11.6. The van der Waals surface area contributed by atoms with E-state index < -0.39 is 0 Å². The van der Waals surface area contributed by atoms with Gasteiger partial charge in [0.25, 0.3) is 0 Å². The molecule has 18 heavy (non-hydrogen) atoms. The van der Waals surface area contributed by atoms with E-state index in [0.717, 1.165) is 18.9 Å². The van der Waals surface area contributed by atoms with Crippen LogP contribution in [0, 0.1) is 11.7 Å². The Kier molecular flexibility index (Phi) is 4.70. The summed E-state index contributed by atoms with van der Waals surface area (Å²) in [5.74, 6) is 0.378. The maximum absolute atomic E-state index is 12.9. The molecule has 1 aromatic carbocycles. The van der Waals surface area contributed by atoms with Crippen LogP contribution in [-0.4, -0.2) is 19.0 Å². The second-order valence-corrected chi connectivity index (χ2v) is 4.82. The van der Waals surface area contributed by atoms with E-state index in [2.05, 4.69) is 10.6 Å². The minimum absolute atomic E-state index is 0.130. The van der Waals surface area contributed by atoms with Crippen molar-refractivity contribution in [3.8, 4) is 0 Å². The van der Waals surface area contributed by atoms with Crippen molar-refractivity contribution in [2.45, 2.75) is 25.7 Å². The van der Waals surface area contributed by atoms with Gasteiger partial charge in [-0.1, -0.05) is 25.3 Å². The van der Waals surface area contributed by atoms with E-state index in [1.807, 2.05) is 0 Å². The molecule has 0 aromatic heterocycles. The van der Waals surface area contributed by atoms with E-state index in [-0.39, 0.29) is 18.3 Å². The van der Waals surface area contributed by atoms with Gasteiger partial charge in [0, 0.05) is 5.69 Å². The lowest BCUT2D eigenvalue weighted by Crippen LogP contribution is -2.30. The van der Waals surface area contributed by atoms with Gasteiger partial charge in [-0.05, 0) is 37.1 Å². The quantitative estimate of drug-likeness (QED) is 0.762. The molecule has 1 aliphatic rings. The lowest BCUT2D eigenvalue weighted by Gasteiger charge is -2.25. The highest BCUT2D eigenvalue weighted by molar-refractivity contribution is 5.92. The van der Waals surface area contributed by atoms with Crippen LogP contribution in [0.25, 0.3) is 0 Å². The van der Waals surface area contributed by atoms with Gasteiger partial charge in [0.2, 0.25) is 5.91 Å². The molecule has 0 aliphatic heterocycles. The molecule has 0 saturated heterocycles. The minimum Gasteiger partial charge on any atom is -0.325 e. The lowest BCUT2D eigenvalue weighted by atomic mass is 9.83. The molecule has 0 heterocycles. The van der Waals surface area contributed by atoms with E-state index in [1.165, 1.54) is 31.4 Å². The number of carbonyl (C=O) groups excluding carboxylic acids is 1. The summed E-state index contributed by atoms with van der Waals surface area (Å²) in [7, 11) is 0. The van der Waals surface area contributed by atoms with E-state index in [0.29, 0.717) is 5.69 Å². The first kappa shape index (κ1) is 13.0. The molecule has 0 atom stereocenters. The van der Waals surface area contributed by atoms with E-state index in [9.17, 15) is 9.18 Å². The average Bonchev–Trinajstić information content (AvgIpc) is 2.26. The predicted octanol–water partition coefficient (Wildman–Crippen LogP) is 2.54. The summed E-state index contributed by atoms with van der Waals surface area (Å²) in [6.45, 7) is 1.16. The molecule has 0 radical (unpaired) electrons. The second kappa shape index (κ2) is 6.50. The number of carbonyl (C=O) groups is 1. The zero-order valence-electron chi connectivity index (χ0n) is 10.4. The molecule has 1 saturated carbocycles. The van der Waals surface area contributed by atoms with E-state index in [4.69, 9.17) is 0 Å². The van der Waals surface area contributed by atoms with Crippen molar-refractivity contribution in [2.75, 3.05) is 18.4 Å². The van der Waals surface area contributed by atoms with Crippen LogP contribution in [0.2, 0.25) is 0 Å². The van der Waals surface area contributed by atoms with Crippen LogP contribution in [0.3, 0.4) is 0 Å². The number of hydrogen-bond donors (Lipinski definition) is 2. The Balaban J connectivity index is 1.62. The smallest absolute Gasteiger partial charge is 0.238 e. The van der Waals surface area contributed by atoms with Crippen LogP contribution in [0.4, 0.5) is 10.1 Å². The number of benzene rings is 1. The fourth-order valence-corrected chi connectivity index (χ4v) is 2.06. The first-order valence-electron chi connectivity index (χ1n) is 6.50. The summed E-state index contributed by atoms with van der Waals surface area (Å²) >= 11 is 0. The topological polar surface area (TPSA) is 41.1 Å². The summed E-state index contributed by atoms with van der Waals surface area (Å²) in [6, 6.07) is 5.92. The van der Waals surface area contributed by atoms with Gasteiger partial charge < -0.3 is 10.6 Å². The second-order valence-electron chi connectivity index (χ2n) is 4.82. The average molecular weight is 250 g/mol. The van der Waals surface area contributed by atoms with Crippen molar-refractivity contribution in [2.24, 2.45) is 5.92 Å². The van der Waals surface area contributed by atoms with Gasteiger partial charge in [-0.15, -0.1) is 0 Å². The number of rotatable bonds is 6. The zero-order chi connectivity index (χ0) is 12.8. The summed E-state index contributed by atoms with van der Waals surface area (Å²) in [5, 5.41) is 5.77. The standard InChI is InChI=1S/C14H19FN2O/c15-12-5-2-6-13(9-12)17-14(18)10-16-8-7-11-3-1-4-11/h2,5-6,9,11,16H,1,3-4,7-8,10H2,(H,17,18). The highest BCUT2D eigenvalue weighted by Gasteiger charge is 2.16. The van der Waals surface area contributed by atoms with Crippen molar-refractivity contribution in [3.05, 3.63) is 30.1 Å². The van der Waals surface area contributed by atoms with Gasteiger partial charge in [-0.2, -0.15) is 0 Å². The molecule has 0 bridgehead atoms. The van der Waals surface area contributed by atoms with E-state index >= 15 is 0 Å². The summed E-state index contributed by atoms with van der Waals surface area (Å²) in [6.07, 6.45) is 5.16. The first-order chi connectivity index (χ1) is 8.74. The number of halogens is 1. The van der Waals surface area contributed by atoms with Crippen LogP contribution in [0.5, 0.6) is 0 Å². The maximum Gasteiger partial charge on any atom is 0.238 e. The maximum atomic E-state index is 12.9. The van der Waals surface area contributed by atoms with Gasteiger partial charge in [0.1, 0.15) is 5.82 Å². The van der Waals surface area contributed by atoms with Crippen LogP contribution in [0.1, 0.15) is 25.7 Å². The van der Waals surface area contributed by atoms with Crippen molar-refractivity contribution in [3.63, 3.8) is 0 Å². The molecule has 2 rings (SSSR count). The third kappa shape index (κ3) is 4.11. The molecular weight excluding hydrogens is 231 g/mol. The largest absolute Gasteiger partial charge is 0.325 e. The summed E-state index contributed by atoms with van der Waals surface area (Å²) in [5.41, 5.74) is 0.501. The Morgan fingerprint density at radius 3 is 2.89 bits per heavy atom. The Morgan fingerprint density at radius 1 is 1.39 bits per heavy atom. The normalized spacial score (nSPS) is 15.2. The fraction of sp³-hybridized carbons (Fsp3) is 0.500. The van der Waals surface area contributed by atoms with Crippen LogP contribution >= 0.6 is 0 Å². The van der Waals surface area contributed by atoms with Gasteiger partial charge in [-0.3, -0.25) is 4.79 Å². The molecule has 98 valence electrons. The van der Waals surface area contributed by atoms with Gasteiger partial charge in [-0.25, -0.2) is 4.39 Å². The van der Waals surface area contributed by atoms with Crippen LogP contribution < -0.4 is 10.6 Å². The number of hydrogen-bond acceptors (Lipinski definition) is 2. The molecular formula is C14H19FN2O. The monoisotopic (exact) mass is 250 g/mol. The molecule has 1 fully saturated rings. The highest BCUT2D eigenvalue weighted by Crippen LogP contribution is 2.28. The van der Waals surface area contributed by atoms with Gasteiger partial charge in [0.15, 0.2) is 0 Å². The zero-order valence-corrected chi connectivity index (χ0v) is 10.4. The number of nitrogens with one attached hydrogen (secondary N) is 2. The molecule has 0 unspecified atom stereocenters. The van der Waals surface area contributed by atoms with E-state index in [1.54, 1.807) is 12.1 Å². The van der Waals surface area contributed by atoms with Crippen LogP contribution in [0.15, 0.2) is 24.3 Å². The Labute approximate surface area is 107 Å². The van der Waals surface area contributed by atoms with Crippen molar-refractivity contribution < 1.29 is 9.18 Å². The number of amides is 1. The van der Waals surface area contributed by atoms with Crippen molar-refractivity contribution >= 4 is 11.6 Å². The lowest BCUT2D eigenvalue weighted by molar-refractivity contribution is -0.115. The van der Waals surface area contributed by atoms with Gasteiger partial charge >= 0.3 is 0 Å². The predicted molar refractivity (Wildman–Crippen MR) is 69.9 cm³/mol. The molecule has 1 aliphatic carbocycles. The molecule has 1 aromatic rings. The minimum atomic E-state index is -0.342. The molecule has 0 spiro atoms. The Bertz CT molecular complexity index is 405. The van der Waals surface area contributed by atoms with Crippen molar-refractivity contribution in [1.82, 2.24) is 5.32 Å². The molecule has 4 heteroatoms. The molecule has 2 N–H and O–H groups in total. The van der Waals surface area contributed by atoms with Crippen LogP contribution in [-0.2, 0) is 4.79 Å².